The second-order valence-electron chi connectivity index (χ2n) is 1.62. The Hall–Kier alpha value is 0.726. The molecule has 0 atom stereocenters. The summed E-state index contributed by atoms with van der Waals surface area (Å²) in [6.45, 7) is 10.1. The van der Waals surface area contributed by atoms with Gasteiger partial charge in [0.25, 0.3) is 0 Å². The molecule has 0 aromatic heterocycles. The maximum Gasteiger partial charge on any atom is 0.316 e. The van der Waals surface area contributed by atoms with Crippen LogP contribution in [0.4, 0.5) is 0 Å². The molecule has 0 aromatic rings. The van der Waals surface area contributed by atoms with Gasteiger partial charge in [-0.25, -0.2) is 0 Å². The molecule has 0 radical (unpaired) electrons. The minimum atomic E-state index is 0. The highest BCUT2D eigenvalue weighted by molar-refractivity contribution is 5.75. The third-order valence-corrected chi connectivity index (χ3v) is 1.34. The zero-order chi connectivity index (χ0) is 5.70. The van der Waals surface area contributed by atoms with E-state index in [2.05, 4.69) is 25.7 Å². The van der Waals surface area contributed by atoms with Gasteiger partial charge in [-0.2, -0.15) is 0 Å². The molecule has 0 bridgehead atoms. The van der Waals surface area contributed by atoms with Gasteiger partial charge in [0, 0.05) is 0 Å². The van der Waals surface area contributed by atoms with E-state index < -0.39 is 0 Å². The highest BCUT2D eigenvalue weighted by Gasteiger charge is 1.89. The van der Waals surface area contributed by atoms with Crippen molar-refractivity contribution in [3.63, 3.8) is 0 Å². The van der Waals surface area contributed by atoms with E-state index in [1.54, 1.807) is 0 Å². The zero-order valence-electron chi connectivity index (χ0n) is 5.57. The van der Waals surface area contributed by atoms with Crippen molar-refractivity contribution in [2.75, 3.05) is 19.6 Å². The molecule has 48 valence electrons. The summed E-state index contributed by atoms with van der Waals surface area (Å²) in [5.41, 5.74) is 0. The molecule has 0 unspecified atom stereocenters. The van der Waals surface area contributed by atoms with E-state index in [0.717, 1.165) is 0 Å². The molecule has 0 heterocycles. The van der Waals surface area contributed by atoms with Crippen molar-refractivity contribution in [2.45, 2.75) is 20.8 Å². The first-order valence-corrected chi connectivity index (χ1v) is 3.07. The second kappa shape index (κ2) is 7.73. The van der Waals surface area contributed by atoms with Crippen LogP contribution in [-0.2, 0) is 0 Å². The van der Waals surface area contributed by atoms with Gasteiger partial charge in [0.05, 0.1) is 0 Å². The van der Waals surface area contributed by atoms with Crippen molar-refractivity contribution in [3.05, 3.63) is 0 Å². The first-order valence-electron chi connectivity index (χ1n) is 3.07. The number of hydrogen-bond donors (Lipinski definition) is 0. The topological polar surface area (TPSA) is 3.24 Å². The predicted octanol–water partition coefficient (Wildman–Crippen LogP) is 0.432. The predicted molar refractivity (Wildman–Crippen MR) is 42.0 cm³/mol. The Balaban J connectivity index is 0. The van der Waals surface area contributed by atoms with Crippen molar-refractivity contribution >= 4 is 23.1 Å². The standard InChI is InChI=1S/C6H15N.Mg.2H/c1-4-7(5-2)6-3;;;/h4-6H2,1-3H3;;;. The SMILES string of the molecule is CCN(CC)CC.[MgH2]. The van der Waals surface area contributed by atoms with E-state index in [4.69, 9.17) is 0 Å². The molecule has 0 spiro atoms. The summed E-state index contributed by atoms with van der Waals surface area (Å²) in [7, 11) is 0. The molecule has 0 aliphatic heterocycles. The van der Waals surface area contributed by atoms with Crippen molar-refractivity contribution in [3.8, 4) is 0 Å². The van der Waals surface area contributed by atoms with E-state index in [-0.39, 0.29) is 23.1 Å². The maximum atomic E-state index is 2.38. The summed E-state index contributed by atoms with van der Waals surface area (Å²) < 4.78 is 0. The normalized spacial score (nSPS) is 9.00. The van der Waals surface area contributed by atoms with Crippen LogP contribution in [0.1, 0.15) is 20.8 Å². The van der Waals surface area contributed by atoms with Gasteiger partial charge >= 0.3 is 23.1 Å². The third-order valence-electron chi connectivity index (χ3n) is 1.34. The molecule has 8 heavy (non-hydrogen) atoms. The van der Waals surface area contributed by atoms with Crippen LogP contribution < -0.4 is 0 Å². The number of rotatable bonds is 3. The fourth-order valence-electron chi connectivity index (χ4n) is 0.671. The van der Waals surface area contributed by atoms with Crippen molar-refractivity contribution in [2.24, 2.45) is 0 Å². The molecule has 0 aliphatic carbocycles. The largest absolute Gasteiger partial charge is 0.316 e. The Morgan fingerprint density at radius 3 is 1.12 bits per heavy atom. The Morgan fingerprint density at radius 2 is 1.12 bits per heavy atom. The molecule has 0 aliphatic rings. The Labute approximate surface area is 68.6 Å². The van der Waals surface area contributed by atoms with Crippen LogP contribution in [0.2, 0.25) is 0 Å². The lowest BCUT2D eigenvalue weighted by Gasteiger charge is -2.13. The van der Waals surface area contributed by atoms with Gasteiger partial charge in [-0.3, -0.25) is 0 Å². The molecule has 1 nitrogen and oxygen atoms in total. The Kier molecular flexibility index (Phi) is 11.1. The Morgan fingerprint density at radius 1 is 0.875 bits per heavy atom. The average molecular weight is 128 g/mol. The summed E-state index contributed by atoms with van der Waals surface area (Å²) >= 11 is 0. The minimum absolute atomic E-state index is 0. The molecule has 0 fully saturated rings. The molecule has 0 amide bonds. The lowest BCUT2D eigenvalue weighted by Crippen LogP contribution is -2.21. The van der Waals surface area contributed by atoms with Gasteiger partial charge in [-0.15, -0.1) is 0 Å². The summed E-state index contributed by atoms with van der Waals surface area (Å²) in [5.74, 6) is 0. The van der Waals surface area contributed by atoms with Crippen molar-refractivity contribution in [1.82, 2.24) is 4.90 Å². The van der Waals surface area contributed by atoms with E-state index in [9.17, 15) is 0 Å². The van der Waals surface area contributed by atoms with Crippen LogP contribution >= 0.6 is 0 Å². The van der Waals surface area contributed by atoms with Crippen LogP contribution in [0, 0.1) is 0 Å². The lowest BCUT2D eigenvalue weighted by molar-refractivity contribution is 0.321. The lowest BCUT2D eigenvalue weighted by atomic mass is 10.5. The summed E-state index contributed by atoms with van der Waals surface area (Å²) in [6.07, 6.45) is 0. The van der Waals surface area contributed by atoms with Crippen molar-refractivity contribution < 1.29 is 0 Å². The first-order chi connectivity index (χ1) is 3.35. The quantitative estimate of drug-likeness (QED) is 0.497. The van der Waals surface area contributed by atoms with E-state index in [1.807, 2.05) is 0 Å². The Bertz CT molecular complexity index is 30.0. The van der Waals surface area contributed by atoms with Gasteiger partial charge in [0.2, 0.25) is 0 Å². The smallest absolute Gasteiger partial charge is 0.304 e. The average Bonchev–Trinajstić information content (AvgIpc) is 1.72. The molecule has 0 rings (SSSR count). The fraction of sp³-hybridized carbons (Fsp3) is 1.00. The van der Waals surface area contributed by atoms with Gasteiger partial charge in [0.1, 0.15) is 0 Å². The maximum absolute atomic E-state index is 2.38. The van der Waals surface area contributed by atoms with Crippen LogP contribution in [0.15, 0.2) is 0 Å². The number of hydrogen-bond acceptors (Lipinski definition) is 1. The zero-order valence-corrected chi connectivity index (χ0v) is 5.57. The van der Waals surface area contributed by atoms with Gasteiger partial charge in [0.15, 0.2) is 0 Å². The second-order valence-corrected chi connectivity index (χ2v) is 1.62. The highest BCUT2D eigenvalue weighted by atomic mass is 24.3. The summed E-state index contributed by atoms with van der Waals surface area (Å²) in [4.78, 5) is 2.38. The molecule has 2 heteroatoms. The highest BCUT2D eigenvalue weighted by Crippen LogP contribution is 1.81. The van der Waals surface area contributed by atoms with Crippen molar-refractivity contribution in [1.29, 1.82) is 0 Å². The molecule has 0 N–H and O–H groups in total. The van der Waals surface area contributed by atoms with Crippen LogP contribution in [0.3, 0.4) is 0 Å². The van der Waals surface area contributed by atoms with E-state index in [1.165, 1.54) is 19.6 Å². The van der Waals surface area contributed by atoms with Gasteiger partial charge < -0.3 is 4.90 Å². The molecular weight excluding hydrogens is 110 g/mol. The summed E-state index contributed by atoms with van der Waals surface area (Å²) in [5, 5.41) is 0. The van der Waals surface area contributed by atoms with E-state index in [0.29, 0.717) is 0 Å². The molecule has 0 saturated carbocycles. The third kappa shape index (κ3) is 4.87. The number of nitrogens with zero attached hydrogens (tertiary/aromatic N) is 1. The fourth-order valence-corrected chi connectivity index (χ4v) is 0.671. The monoisotopic (exact) mass is 127 g/mol. The van der Waals surface area contributed by atoms with Crippen LogP contribution in [0.5, 0.6) is 0 Å². The van der Waals surface area contributed by atoms with E-state index >= 15 is 0 Å². The molecule has 0 saturated heterocycles. The minimum Gasteiger partial charge on any atom is -0.304 e. The molecular formula is C6H17MgN. The first kappa shape index (κ1) is 11.5. The van der Waals surface area contributed by atoms with Gasteiger partial charge in [-0.1, -0.05) is 20.8 Å². The van der Waals surface area contributed by atoms with Gasteiger partial charge in [-0.05, 0) is 19.6 Å². The molecule has 0 aromatic carbocycles. The summed E-state index contributed by atoms with van der Waals surface area (Å²) in [6, 6.07) is 0. The van der Waals surface area contributed by atoms with Crippen LogP contribution in [-0.4, -0.2) is 47.6 Å². The van der Waals surface area contributed by atoms with Crippen LogP contribution in [0.25, 0.3) is 0 Å².